The van der Waals surface area contributed by atoms with Crippen molar-refractivity contribution in [3.63, 3.8) is 0 Å². The maximum Gasteiger partial charge on any atom is 0.191 e. The number of aliphatic imine (C=N–C) groups is 1. The number of guanidine groups is 1. The number of likely N-dealkylation sites (tertiary alicyclic amines) is 1. The first-order valence-corrected chi connectivity index (χ1v) is 11.1. The van der Waals surface area contributed by atoms with Gasteiger partial charge in [-0.3, -0.25) is 9.89 Å². The third-order valence-electron chi connectivity index (χ3n) is 5.44. The number of halogens is 1. The van der Waals surface area contributed by atoms with Gasteiger partial charge in [0.05, 0.1) is 0 Å². The van der Waals surface area contributed by atoms with Crippen molar-refractivity contribution in [2.75, 3.05) is 32.4 Å². The molecule has 0 amide bonds. The van der Waals surface area contributed by atoms with Gasteiger partial charge in [-0.25, -0.2) is 0 Å². The Bertz CT molecular complexity index is 589. The fourth-order valence-electron chi connectivity index (χ4n) is 3.97. The third kappa shape index (κ3) is 7.46. The highest BCUT2D eigenvalue weighted by molar-refractivity contribution is 14.0. The summed E-state index contributed by atoms with van der Waals surface area (Å²) >= 11 is 2.08. The van der Waals surface area contributed by atoms with E-state index in [9.17, 15) is 0 Å². The molecule has 4 nitrogen and oxygen atoms in total. The van der Waals surface area contributed by atoms with E-state index >= 15 is 0 Å². The third-order valence-corrected chi connectivity index (χ3v) is 6.84. The second-order valence-electron chi connectivity index (χ2n) is 7.69. The molecule has 2 heterocycles. The highest BCUT2D eigenvalue weighted by Gasteiger charge is 2.18. The minimum Gasteiger partial charge on any atom is -0.355 e. The van der Waals surface area contributed by atoms with E-state index in [1.165, 1.54) is 55.7 Å². The number of hydrogen-bond acceptors (Lipinski definition) is 3. The second kappa shape index (κ2) is 12.2. The molecule has 0 aromatic heterocycles. The zero-order chi connectivity index (χ0) is 18.2. The molecule has 2 fully saturated rings. The molecule has 0 bridgehead atoms. The van der Waals surface area contributed by atoms with Crippen molar-refractivity contribution < 1.29 is 0 Å². The van der Waals surface area contributed by atoms with Gasteiger partial charge in [0, 0.05) is 38.5 Å². The molecule has 27 heavy (non-hydrogen) atoms. The molecule has 2 unspecified atom stereocenters. The first-order valence-electron chi connectivity index (χ1n) is 10.1. The standard InChI is InChI=1S/C21H34N4S.HI/c1-17-7-5-11-25(15-17)16-19-9-4-3-8-18(19)13-23-21(22-2)24-14-20-10-6-12-26-20;/h3-4,8-9,17,20H,5-7,10-16H2,1-2H3,(H2,22,23,24);1H. The van der Waals surface area contributed by atoms with Gasteiger partial charge in [-0.2, -0.15) is 11.8 Å². The highest BCUT2D eigenvalue weighted by atomic mass is 127. The van der Waals surface area contributed by atoms with E-state index in [2.05, 4.69) is 63.5 Å². The van der Waals surface area contributed by atoms with Gasteiger partial charge >= 0.3 is 0 Å². The Morgan fingerprint density at radius 1 is 1.19 bits per heavy atom. The molecule has 0 radical (unpaired) electrons. The van der Waals surface area contributed by atoms with Crippen LogP contribution in [0.25, 0.3) is 0 Å². The lowest BCUT2D eigenvalue weighted by Gasteiger charge is -2.31. The monoisotopic (exact) mass is 502 g/mol. The lowest BCUT2D eigenvalue weighted by molar-refractivity contribution is 0.176. The molecule has 2 N–H and O–H groups in total. The molecule has 3 rings (SSSR count). The lowest BCUT2D eigenvalue weighted by Crippen LogP contribution is -2.40. The molecular formula is C21H35IN4S. The van der Waals surface area contributed by atoms with E-state index in [0.717, 1.165) is 36.8 Å². The minimum absolute atomic E-state index is 0. The Morgan fingerprint density at radius 3 is 2.70 bits per heavy atom. The van der Waals surface area contributed by atoms with Crippen molar-refractivity contribution >= 4 is 41.7 Å². The summed E-state index contributed by atoms with van der Waals surface area (Å²) in [7, 11) is 1.86. The Morgan fingerprint density at radius 2 is 2.00 bits per heavy atom. The number of nitrogens with zero attached hydrogens (tertiary/aromatic N) is 2. The van der Waals surface area contributed by atoms with Crippen LogP contribution in [0.5, 0.6) is 0 Å². The van der Waals surface area contributed by atoms with Gasteiger partial charge in [0.2, 0.25) is 0 Å². The van der Waals surface area contributed by atoms with Gasteiger partial charge < -0.3 is 10.6 Å². The van der Waals surface area contributed by atoms with Crippen LogP contribution in [0.1, 0.15) is 43.7 Å². The SMILES string of the molecule is CN=C(NCc1ccccc1CN1CCCC(C)C1)NCC1CCCS1.I. The summed E-state index contributed by atoms with van der Waals surface area (Å²) in [6.07, 6.45) is 5.38. The van der Waals surface area contributed by atoms with Gasteiger partial charge in [0.25, 0.3) is 0 Å². The molecule has 1 aromatic carbocycles. The average Bonchev–Trinajstić information content (AvgIpc) is 3.17. The molecule has 2 aliphatic rings. The van der Waals surface area contributed by atoms with E-state index in [4.69, 9.17) is 0 Å². The van der Waals surface area contributed by atoms with Crippen LogP contribution in [0.4, 0.5) is 0 Å². The van der Waals surface area contributed by atoms with Crippen molar-refractivity contribution in [1.29, 1.82) is 0 Å². The molecule has 0 saturated carbocycles. The summed E-state index contributed by atoms with van der Waals surface area (Å²) < 4.78 is 0. The van der Waals surface area contributed by atoms with Gasteiger partial charge in [0.15, 0.2) is 5.96 Å². The van der Waals surface area contributed by atoms with Crippen LogP contribution in [0, 0.1) is 5.92 Å². The van der Waals surface area contributed by atoms with Crippen LogP contribution < -0.4 is 10.6 Å². The van der Waals surface area contributed by atoms with Crippen LogP contribution in [0.2, 0.25) is 0 Å². The molecule has 0 spiro atoms. The van der Waals surface area contributed by atoms with Gasteiger partial charge in [-0.1, -0.05) is 31.2 Å². The molecule has 6 heteroatoms. The van der Waals surface area contributed by atoms with Crippen molar-refractivity contribution in [3.05, 3.63) is 35.4 Å². The average molecular weight is 503 g/mol. The molecular weight excluding hydrogens is 467 g/mol. The largest absolute Gasteiger partial charge is 0.355 e. The highest BCUT2D eigenvalue weighted by Crippen LogP contribution is 2.25. The summed E-state index contributed by atoms with van der Waals surface area (Å²) in [6.45, 7) is 7.73. The van der Waals surface area contributed by atoms with Gasteiger partial charge in [-0.05, 0) is 55.0 Å². The molecule has 0 aliphatic carbocycles. The molecule has 152 valence electrons. The van der Waals surface area contributed by atoms with E-state index in [0.29, 0.717) is 0 Å². The zero-order valence-corrected chi connectivity index (χ0v) is 19.9. The van der Waals surface area contributed by atoms with Crippen LogP contribution >= 0.6 is 35.7 Å². The predicted molar refractivity (Wildman–Crippen MR) is 129 cm³/mol. The number of benzene rings is 1. The predicted octanol–water partition coefficient (Wildman–Crippen LogP) is 4.10. The summed E-state index contributed by atoms with van der Waals surface area (Å²) in [5.41, 5.74) is 2.82. The number of nitrogens with one attached hydrogen (secondary N) is 2. The summed E-state index contributed by atoms with van der Waals surface area (Å²) in [5, 5.41) is 7.74. The Kier molecular flexibility index (Phi) is 10.3. The molecule has 1 aromatic rings. The van der Waals surface area contributed by atoms with E-state index < -0.39 is 0 Å². The Labute approximate surface area is 186 Å². The molecule has 2 atom stereocenters. The summed E-state index contributed by atoms with van der Waals surface area (Å²) in [6, 6.07) is 8.83. The zero-order valence-electron chi connectivity index (χ0n) is 16.7. The number of piperidine rings is 1. The summed E-state index contributed by atoms with van der Waals surface area (Å²) in [5.74, 6) is 3.05. The maximum absolute atomic E-state index is 4.39. The number of hydrogen-bond donors (Lipinski definition) is 2. The lowest BCUT2D eigenvalue weighted by atomic mass is 9.99. The van der Waals surface area contributed by atoms with Crippen molar-refractivity contribution in [2.24, 2.45) is 10.9 Å². The van der Waals surface area contributed by atoms with Gasteiger partial charge in [0.1, 0.15) is 0 Å². The van der Waals surface area contributed by atoms with Gasteiger partial charge in [-0.15, -0.1) is 24.0 Å². The number of thioether (sulfide) groups is 1. The van der Waals surface area contributed by atoms with E-state index in [1.807, 2.05) is 7.05 Å². The van der Waals surface area contributed by atoms with Crippen LogP contribution in [-0.2, 0) is 13.1 Å². The fourth-order valence-corrected chi connectivity index (χ4v) is 5.17. The summed E-state index contributed by atoms with van der Waals surface area (Å²) in [4.78, 5) is 7.00. The minimum atomic E-state index is 0. The Balaban J connectivity index is 0.00000261. The van der Waals surface area contributed by atoms with Crippen LogP contribution in [0.15, 0.2) is 29.3 Å². The van der Waals surface area contributed by atoms with Crippen molar-refractivity contribution in [1.82, 2.24) is 15.5 Å². The quantitative estimate of drug-likeness (QED) is 0.349. The smallest absolute Gasteiger partial charge is 0.191 e. The van der Waals surface area contributed by atoms with Crippen molar-refractivity contribution in [3.8, 4) is 0 Å². The number of rotatable bonds is 6. The normalized spacial score (nSPS) is 23.7. The second-order valence-corrected chi connectivity index (χ2v) is 9.10. The maximum atomic E-state index is 4.39. The van der Waals surface area contributed by atoms with E-state index in [1.54, 1.807) is 0 Å². The first kappa shape index (κ1) is 22.8. The van der Waals surface area contributed by atoms with E-state index in [-0.39, 0.29) is 24.0 Å². The molecule has 2 saturated heterocycles. The molecule has 2 aliphatic heterocycles. The fraction of sp³-hybridized carbons (Fsp3) is 0.667. The first-order chi connectivity index (χ1) is 12.7. The van der Waals surface area contributed by atoms with Crippen LogP contribution in [0.3, 0.4) is 0 Å². The van der Waals surface area contributed by atoms with Crippen LogP contribution in [-0.4, -0.2) is 48.5 Å². The Hall–Kier alpha value is -0.470. The topological polar surface area (TPSA) is 39.7 Å². The van der Waals surface area contributed by atoms with Crippen molar-refractivity contribution in [2.45, 2.75) is 50.9 Å².